The standard InChI is InChI=1S/C20H15Cl3N2S2/c21-16-8-7-15(19(23)10-16)13-27-20(25-17-5-3-9-24-11-17)26-12-14-4-1-2-6-18(14)22/h1-11H,12-13H2. The Labute approximate surface area is 182 Å². The van der Waals surface area contributed by atoms with Gasteiger partial charge in [-0.05, 0) is 41.5 Å². The molecule has 1 aromatic heterocycles. The van der Waals surface area contributed by atoms with Gasteiger partial charge in [-0.25, -0.2) is 4.99 Å². The van der Waals surface area contributed by atoms with Gasteiger partial charge in [-0.2, -0.15) is 0 Å². The fourth-order valence-electron chi connectivity index (χ4n) is 2.16. The zero-order valence-corrected chi connectivity index (χ0v) is 18.0. The summed E-state index contributed by atoms with van der Waals surface area (Å²) in [5.41, 5.74) is 2.91. The van der Waals surface area contributed by atoms with E-state index < -0.39 is 0 Å². The van der Waals surface area contributed by atoms with Crippen molar-refractivity contribution in [2.24, 2.45) is 4.99 Å². The number of hydrogen-bond acceptors (Lipinski definition) is 4. The molecule has 0 aliphatic rings. The second-order valence-electron chi connectivity index (χ2n) is 5.49. The van der Waals surface area contributed by atoms with E-state index in [9.17, 15) is 0 Å². The van der Waals surface area contributed by atoms with Crippen LogP contribution >= 0.6 is 58.3 Å². The van der Waals surface area contributed by atoms with Gasteiger partial charge in [-0.1, -0.05) is 82.6 Å². The summed E-state index contributed by atoms with van der Waals surface area (Å²) >= 11 is 21.8. The molecule has 0 amide bonds. The highest BCUT2D eigenvalue weighted by molar-refractivity contribution is 8.38. The van der Waals surface area contributed by atoms with Crippen LogP contribution in [0.5, 0.6) is 0 Å². The molecule has 0 aliphatic heterocycles. The van der Waals surface area contributed by atoms with Crippen LogP contribution in [0, 0.1) is 0 Å². The minimum atomic E-state index is 0.631. The van der Waals surface area contributed by atoms with Gasteiger partial charge < -0.3 is 0 Å². The van der Waals surface area contributed by atoms with Crippen molar-refractivity contribution in [2.75, 3.05) is 0 Å². The van der Waals surface area contributed by atoms with Gasteiger partial charge in [0.05, 0.1) is 11.9 Å². The summed E-state index contributed by atoms with van der Waals surface area (Å²) in [4.78, 5) is 8.86. The molecule has 1 heterocycles. The summed E-state index contributed by atoms with van der Waals surface area (Å²) in [6, 6.07) is 17.2. The van der Waals surface area contributed by atoms with Crippen LogP contribution in [0.3, 0.4) is 0 Å². The average molecular weight is 454 g/mol. The number of aliphatic imine (C=N–C) groups is 1. The number of aromatic nitrogens is 1. The van der Waals surface area contributed by atoms with Gasteiger partial charge in [-0.3, -0.25) is 4.98 Å². The van der Waals surface area contributed by atoms with E-state index in [0.29, 0.717) is 15.8 Å². The molecule has 3 aromatic rings. The van der Waals surface area contributed by atoms with E-state index in [2.05, 4.69) is 4.98 Å². The molecular weight excluding hydrogens is 439 g/mol. The number of thioether (sulfide) groups is 2. The van der Waals surface area contributed by atoms with Crippen LogP contribution in [0.1, 0.15) is 11.1 Å². The van der Waals surface area contributed by atoms with Gasteiger partial charge in [0.1, 0.15) is 4.38 Å². The highest BCUT2D eigenvalue weighted by Gasteiger charge is 2.09. The normalized spacial score (nSPS) is 11.6. The van der Waals surface area contributed by atoms with Gasteiger partial charge in [0.25, 0.3) is 0 Å². The Morgan fingerprint density at radius 2 is 1.59 bits per heavy atom. The predicted molar refractivity (Wildman–Crippen MR) is 122 cm³/mol. The Kier molecular flexibility index (Phi) is 7.92. The molecule has 0 fully saturated rings. The Balaban J connectivity index is 1.75. The maximum absolute atomic E-state index is 6.30. The Morgan fingerprint density at radius 3 is 2.26 bits per heavy atom. The first kappa shape index (κ1) is 20.6. The SMILES string of the molecule is Clc1ccc(CSC(=Nc2cccnc2)SCc2ccccc2Cl)c(Cl)c1. The maximum atomic E-state index is 6.30. The monoisotopic (exact) mass is 452 g/mol. The number of halogens is 3. The lowest BCUT2D eigenvalue weighted by Crippen LogP contribution is -1.92. The van der Waals surface area contributed by atoms with Crippen LogP contribution in [-0.2, 0) is 11.5 Å². The van der Waals surface area contributed by atoms with Crippen molar-refractivity contribution in [1.29, 1.82) is 0 Å². The lowest BCUT2D eigenvalue weighted by Gasteiger charge is -2.09. The largest absolute Gasteiger partial charge is 0.262 e. The maximum Gasteiger partial charge on any atom is 0.131 e. The predicted octanol–water partition coefficient (Wildman–Crippen LogP) is 7.90. The second kappa shape index (κ2) is 10.4. The van der Waals surface area contributed by atoms with Crippen LogP contribution in [0.4, 0.5) is 5.69 Å². The van der Waals surface area contributed by atoms with Crippen molar-refractivity contribution in [2.45, 2.75) is 11.5 Å². The third-order valence-corrected chi connectivity index (χ3v) is 6.79. The van der Waals surface area contributed by atoms with Crippen LogP contribution in [0.25, 0.3) is 0 Å². The second-order valence-corrected chi connectivity index (χ2v) is 8.93. The molecule has 2 aromatic carbocycles. The van der Waals surface area contributed by atoms with Gasteiger partial charge in [0.15, 0.2) is 0 Å². The minimum Gasteiger partial charge on any atom is -0.262 e. The third kappa shape index (κ3) is 6.44. The summed E-state index contributed by atoms with van der Waals surface area (Å²) in [6.45, 7) is 0. The topological polar surface area (TPSA) is 25.2 Å². The molecule has 0 unspecified atom stereocenters. The smallest absolute Gasteiger partial charge is 0.131 e. The molecule has 0 N–H and O–H groups in total. The first-order chi connectivity index (χ1) is 13.1. The van der Waals surface area contributed by atoms with Gasteiger partial charge >= 0.3 is 0 Å². The molecular formula is C20H15Cl3N2S2. The van der Waals surface area contributed by atoms with Crippen molar-refractivity contribution < 1.29 is 0 Å². The van der Waals surface area contributed by atoms with Gasteiger partial charge in [0, 0.05) is 32.8 Å². The first-order valence-electron chi connectivity index (χ1n) is 8.03. The van der Waals surface area contributed by atoms with E-state index >= 15 is 0 Å². The Morgan fingerprint density at radius 1 is 0.852 bits per heavy atom. The highest BCUT2D eigenvalue weighted by Crippen LogP contribution is 2.31. The number of hydrogen-bond donors (Lipinski definition) is 0. The van der Waals surface area contributed by atoms with Crippen LogP contribution < -0.4 is 0 Å². The van der Waals surface area contributed by atoms with E-state index in [4.69, 9.17) is 39.8 Å². The highest BCUT2D eigenvalue weighted by atomic mass is 35.5. The number of pyridine rings is 1. The van der Waals surface area contributed by atoms with E-state index in [-0.39, 0.29) is 0 Å². The molecule has 3 rings (SSSR count). The van der Waals surface area contributed by atoms with Gasteiger partial charge in [0.2, 0.25) is 0 Å². The molecule has 27 heavy (non-hydrogen) atoms. The molecule has 0 atom stereocenters. The molecule has 0 spiro atoms. The first-order valence-corrected chi connectivity index (χ1v) is 11.1. The van der Waals surface area contributed by atoms with E-state index in [1.807, 2.05) is 48.5 Å². The van der Waals surface area contributed by atoms with Crippen LogP contribution in [-0.4, -0.2) is 9.36 Å². The van der Waals surface area contributed by atoms with E-state index in [1.54, 1.807) is 42.0 Å². The fraction of sp³-hybridized carbons (Fsp3) is 0.100. The Hall–Kier alpha value is -1.17. The lowest BCUT2D eigenvalue weighted by atomic mass is 10.2. The van der Waals surface area contributed by atoms with E-state index in [1.165, 1.54) is 0 Å². The molecule has 138 valence electrons. The van der Waals surface area contributed by atoms with Crippen molar-refractivity contribution >= 4 is 68.4 Å². The van der Waals surface area contributed by atoms with Crippen LogP contribution in [0.15, 0.2) is 72.0 Å². The van der Waals surface area contributed by atoms with Crippen molar-refractivity contribution in [3.8, 4) is 0 Å². The molecule has 0 radical (unpaired) electrons. The fourth-order valence-corrected chi connectivity index (χ4v) is 5.09. The summed E-state index contributed by atoms with van der Waals surface area (Å²) in [5, 5.41) is 2.05. The lowest BCUT2D eigenvalue weighted by molar-refractivity contribution is 1.31. The summed E-state index contributed by atoms with van der Waals surface area (Å²) in [5.74, 6) is 1.44. The average Bonchev–Trinajstić information content (AvgIpc) is 2.67. The van der Waals surface area contributed by atoms with E-state index in [0.717, 1.165) is 32.0 Å². The number of rotatable bonds is 5. The molecule has 0 aliphatic carbocycles. The third-order valence-electron chi connectivity index (χ3n) is 3.54. The molecule has 0 bridgehead atoms. The van der Waals surface area contributed by atoms with Crippen molar-refractivity contribution in [3.05, 3.63) is 93.2 Å². The van der Waals surface area contributed by atoms with Crippen LogP contribution in [0.2, 0.25) is 15.1 Å². The zero-order valence-electron chi connectivity index (χ0n) is 14.1. The molecule has 0 saturated heterocycles. The van der Waals surface area contributed by atoms with Crippen molar-refractivity contribution in [1.82, 2.24) is 4.98 Å². The zero-order chi connectivity index (χ0) is 19.1. The summed E-state index contributed by atoms with van der Waals surface area (Å²) < 4.78 is 0.925. The minimum absolute atomic E-state index is 0.631. The van der Waals surface area contributed by atoms with Gasteiger partial charge in [-0.15, -0.1) is 0 Å². The number of benzene rings is 2. The number of nitrogens with zero attached hydrogens (tertiary/aromatic N) is 2. The molecule has 0 saturated carbocycles. The Bertz CT molecular complexity index is 934. The van der Waals surface area contributed by atoms with Crippen molar-refractivity contribution in [3.63, 3.8) is 0 Å². The quantitative estimate of drug-likeness (QED) is 0.290. The molecule has 2 nitrogen and oxygen atoms in total. The summed E-state index contributed by atoms with van der Waals surface area (Å²) in [7, 11) is 0. The summed E-state index contributed by atoms with van der Waals surface area (Å²) in [6.07, 6.45) is 3.47. The molecule has 7 heteroatoms.